The molecule has 0 fully saturated rings. The van der Waals surface area contributed by atoms with Crippen molar-refractivity contribution in [3.63, 3.8) is 0 Å². The minimum absolute atomic E-state index is 0.0175. The van der Waals surface area contributed by atoms with Gasteiger partial charge in [0.05, 0.1) is 5.56 Å². The van der Waals surface area contributed by atoms with E-state index in [0.29, 0.717) is 0 Å². The topological polar surface area (TPSA) is 55.4 Å². The lowest BCUT2D eigenvalue weighted by atomic mass is 10.1. The fourth-order valence-electron chi connectivity index (χ4n) is 1.30. The summed E-state index contributed by atoms with van der Waals surface area (Å²) in [5.74, 6) is -0.668. The second-order valence-corrected chi connectivity index (χ2v) is 3.41. The van der Waals surface area contributed by atoms with E-state index in [1.807, 2.05) is 0 Å². The van der Waals surface area contributed by atoms with Crippen molar-refractivity contribution in [3.8, 4) is 0 Å². The van der Waals surface area contributed by atoms with E-state index in [2.05, 4.69) is 10.1 Å². The highest BCUT2D eigenvalue weighted by molar-refractivity contribution is 5.72. The van der Waals surface area contributed by atoms with Gasteiger partial charge in [-0.2, -0.15) is 13.2 Å². The summed E-state index contributed by atoms with van der Waals surface area (Å²) >= 11 is 0. The molecular formula is C11H10F3NO3. The van der Waals surface area contributed by atoms with Gasteiger partial charge in [0.15, 0.2) is 0 Å². The molecule has 4 nitrogen and oxygen atoms in total. The van der Waals surface area contributed by atoms with Crippen LogP contribution in [0.5, 0.6) is 0 Å². The lowest BCUT2D eigenvalue weighted by molar-refractivity contribution is -0.145. The number of alkyl halides is 3. The molecule has 0 unspecified atom stereocenters. The fourth-order valence-corrected chi connectivity index (χ4v) is 1.30. The predicted molar refractivity (Wildman–Crippen MR) is 56.6 cm³/mol. The van der Waals surface area contributed by atoms with Crippen LogP contribution in [-0.4, -0.2) is 12.4 Å². The molecule has 0 aliphatic carbocycles. The molecule has 0 saturated carbocycles. The first kappa shape index (κ1) is 14.0. The molecule has 0 aliphatic rings. The van der Waals surface area contributed by atoms with Gasteiger partial charge in [0.25, 0.3) is 0 Å². The van der Waals surface area contributed by atoms with E-state index in [4.69, 9.17) is 0 Å². The Labute approximate surface area is 101 Å². The summed E-state index contributed by atoms with van der Waals surface area (Å²) < 4.78 is 42.7. The Balaban J connectivity index is 3.08. The molecule has 1 N–H and O–H groups in total. The van der Waals surface area contributed by atoms with Crippen LogP contribution < -0.4 is 5.32 Å². The van der Waals surface area contributed by atoms with Crippen LogP contribution in [0, 0.1) is 0 Å². The van der Waals surface area contributed by atoms with Crippen LogP contribution in [0.3, 0.4) is 0 Å². The largest absolute Gasteiger partial charge is 0.461 e. The van der Waals surface area contributed by atoms with Crippen molar-refractivity contribution in [3.05, 3.63) is 29.3 Å². The second kappa shape index (κ2) is 5.52. The number of ether oxygens (including phenoxy) is 1. The van der Waals surface area contributed by atoms with Gasteiger partial charge in [-0.05, 0) is 12.1 Å². The summed E-state index contributed by atoms with van der Waals surface area (Å²) in [5.41, 5.74) is -1.10. The SMILES string of the molecule is CC(=O)OCc1ccc(NC=O)cc1C(F)(F)F. The van der Waals surface area contributed by atoms with Crippen molar-refractivity contribution in [2.45, 2.75) is 19.7 Å². The number of esters is 1. The first-order valence-corrected chi connectivity index (χ1v) is 4.88. The smallest absolute Gasteiger partial charge is 0.416 e. The number of halogens is 3. The maximum absolute atomic E-state index is 12.7. The van der Waals surface area contributed by atoms with Gasteiger partial charge in [0, 0.05) is 18.2 Å². The summed E-state index contributed by atoms with van der Waals surface area (Å²) in [6.07, 6.45) is -4.31. The fraction of sp³-hybridized carbons (Fsp3) is 0.273. The van der Waals surface area contributed by atoms with Gasteiger partial charge in [0.2, 0.25) is 6.41 Å². The van der Waals surface area contributed by atoms with Crippen LogP contribution >= 0.6 is 0 Å². The van der Waals surface area contributed by atoms with Gasteiger partial charge in [0.1, 0.15) is 6.61 Å². The number of hydrogen-bond acceptors (Lipinski definition) is 3. The number of anilines is 1. The molecule has 0 heterocycles. The third-order valence-electron chi connectivity index (χ3n) is 2.07. The van der Waals surface area contributed by atoms with E-state index in [1.165, 1.54) is 6.07 Å². The Morgan fingerprint density at radius 3 is 2.61 bits per heavy atom. The first-order valence-electron chi connectivity index (χ1n) is 4.88. The molecular weight excluding hydrogens is 251 g/mol. The number of amides is 1. The predicted octanol–water partition coefficient (Wildman–Crippen LogP) is 2.34. The Hall–Kier alpha value is -2.05. The Morgan fingerprint density at radius 2 is 2.11 bits per heavy atom. The van der Waals surface area contributed by atoms with Gasteiger partial charge < -0.3 is 10.1 Å². The molecule has 18 heavy (non-hydrogen) atoms. The molecule has 1 aromatic carbocycles. The van der Waals surface area contributed by atoms with E-state index in [0.717, 1.165) is 19.1 Å². The minimum atomic E-state index is -4.59. The number of benzene rings is 1. The summed E-state index contributed by atoms with van der Waals surface area (Å²) in [5, 5.41) is 2.12. The van der Waals surface area contributed by atoms with Crippen molar-refractivity contribution in [2.75, 3.05) is 5.32 Å². The normalized spacial score (nSPS) is 10.9. The molecule has 98 valence electrons. The molecule has 7 heteroatoms. The third kappa shape index (κ3) is 3.76. The van der Waals surface area contributed by atoms with Crippen LogP contribution in [0.2, 0.25) is 0 Å². The summed E-state index contributed by atoms with van der Waals surface area (Å²) in [6, 6.07) is 3.23. The van der Waals surface area contributed by atoms with Crippen LogP contribution in [0.4, 0.5) is 18.9 Å². The Bertz CT molecular complexity index is 457. The van der Waals surface area contributed by atoms with E-state index in [9.17, 15) is 22.8 Å². The standard InChI is InChI=1S/C11H10F3NO3/c1-7(17)18-5-8-2-3-9(15-6-16)4-10(8)11(12,13)14/h2-4,6H,5H2,1H3,(H,15,16). The lowest BCUT2D eigenvalue weighted by Crippen LogP contribution is -2.12. The van der Waals surface area contributed by atoms with Crippen LogP contribution in [0.15, 0.2) is 18.2 Å². The number of carbonyl (C=O) groups excluding carboxylic acids is 2. The average molecular weight is 261 g/mol. The van der Waals surface area contributed by atoms with Gasteiger partial charge >= 0.3 is 12.1 Å². The highest BCUT2D eigenvalue weighted by atomic mass is 19.4. The van der Waals surface area contributed by atoms with Crippen LogP contribution in [0.1, 0.15) is 18.1 Å². The minimum Gasteiger partial charge on any atom is -0.461 e. The molecule has 0 aliphatic heterocycles. The van der Waals surface area contributed by atoms with Gasteiger partial charge in [-0.3, -0.25) is 9.59 Å². The zero-order chi connectivity index (χ0) is 13.8. The molecule has 0 saturated heterocycles. The summed E-state index contributed by atoms with van der Waals surface area (Å²) in [4.78, 5) is 20.8. The van der Waals surface area contributed by atoms with Gasteiger partial charge in [-0.25, -0.2) is 0 Å². The molecule has 1 amide bonds. The number of nitrogens with one attached hydrogen (secondary N) is 1. The number of rotatable bonds is 4. The van der Waals surface area contributed by atoms with Crippen LogP contribution in [0.25, 0.3) is 0 Å². The number of carbonyl (C=O) groups is 2. The number of hydrogen-bond donors (Lipinski definition) is 1. The zero-order valence-electron chi connectivity index (χ0n) is 9.38. The molecule has 0 bridgehead atoms. The van der Waals surface area contributed by atoms with Crippen molar-refractivity contribution in [1.29, 1.82) is 0 Å². The monoisotopic (exact) mass is 261 g/mol. The highest BCUT2D eigenvalue weighted by Crippen LogP contribution is 2.34. The van der Waals surface area contributed by atoms with Gasteiger partial charge in [-0.1, -0.05) is 6.07 Å². The van der Waals surface area contributed by atoms with E-state index >= 15 is 0 Å². The Morgan fingerprint density at radius 1 is 1.44 bits per heavy atom. The van der Waals surface area contributed by atoms with E-state index < -0.39 is 24.3 Å². The zero-order valence-corrected chi connectivity index (χ0v) is 9.38. The molecule has 0 atom stereocenters. The molecule has 0 radical (unpaired) electrons. The lowest BCUT2D eigenvalue weighted by Gasteiger charge is -2.14. The molecule has 0 aromatic heterocycles. The van der Waals surface area contributed by atoms with Crippen LogP contribution in [-0.2, 0) is 27.1 Å². The molecule has 1 aromatic rings. The molecule has 0 spiro atoms. The van der Waals surface area contributed by atoms with Crippen molar-refractivity contribution >= 4 is 18.1 Å². The third-order valence-corrected chi connectivity index (χ3v) is 2.07. The Kier molecular flexibility index (Phi) is 4.30. The highest BCUT2D eigenvalue weighted by Gasteiger charge is 2.33. The molecule has 1 rings (SSSR count). The maximum atomic E-state index is 12.7. The average Bonchev–Trinajstić information content (AvgIpc) is 2.26. The summed E-state index contributed by atoms with van der Waals surface area (Å²) in [7, 11) is 0. The van der Waals surface area contributed by atoms with E-state index in [-0.39, 0.29) is 17.7 Å². The van der Waals surface area contributed by atoms with Crippen molar-refractivity contribution < 1.29 is 27.5 Å². The maximum Gasteiger partial charge on any atom is 0.416 e. The quantitative estimate of drug-likeness (QED) is 0.668. The first-order chi connectivity index (χ1) is 8.34. The van der Waals surface area contributed by atoms with Crippen molar-refractivity contribution in [1.82, 2.24) is 0 Å². The summed E-state index contributed by atoms with van der Waals surface area (Å²) in [6.45, 7) is 0.640. The van der Waals surface area contributed by atoms with Crippen molar-refractivity contribution in [2.24, 2.45) is 0 Å². The second-order valence-electron chi connectivity index (χ2n) is 3.41. The van der Waals surface area contributed by atoms with E-state index in [1.54, 1.807) is 0 Å². The van der Waals surface area contributed by atoms with Gasteiger partial charge in [-0.15, -0.1) is 0 Å².